The first-order valence-corrected chi connectivity index (χ1v) is 8.95. The summed E-state index contributed by atoms with van der Waals surface area (Å²) in [6.45, 7) is 3.82. The molecule has 0 bridgehead atoms. The number of nitrogens with zero attached hydrogens (tertiary/aromatic N) is 2. The van der Waals surface area contributed by atoms with Gasteiger partial charge in [-0.05, 0) is 42.5 Å². The first-order valence-electron chi connectivity index (χ1n) is 8.95. The van der Waals surface area contributed by atoms with Gasteiger partial charge in [0.1, 0.15) is 11.6 Å². The minimum Gasteiger partial charge on any atom is -0.497 e. The topological polar surface area (TPSA) is 54.3 Å². The molecule has 140 valence electrons. The van der Waals surface area contributed by atoms with Crippen molar-refractivity contribution in [2.75, 3.05) is 49.8 Å². The minimum absolute atomic E-state index is 0.163. The molecule has 0 spiro atoms. The van der Waals surface area contributed by atoms with Gasteiger partial charge in [0.25, 0.3) is 5.78 Å². The van der Waals surface area contributed by atoms with Gasteiger partial charge in [-0.25, -0.2) is 4.39 Å². The van der Waals surface area contributed by atoms with Crippen molar-refractivity contribution in [1.29, 1.82) is 0 Å². The molecule has 1 saturated heterocycles. The first-order chi connectivity index (χ1) is 13.1. The third kappa shape index (κ3) is 3.26. The highest BCUT2D eigenvalue weighted by Crippen LogP contribution is 2.28. The number of halogens is 1. The third-order valence-corrected chi connectivity index (χ3v) is 5.22. The van der Waals surface area contributed by atoms with Gasteiger partial charge in [-0.15, -0.1) is 0 Å². The van der Waals surface area contributed by atoms with Gasteiger partial charge in [-0.1, -0.05) is 0 Å². The molecule has 27 heavy (non-hydrogen) atoms. The van der Waals surface area contributed by atoms with Gasteiger partial charge in [0.15, 0.2) is 6.67 Å². The number of Topliss-reactive ketones (excluding diaryl/α,β-unsaturated/α-hetero) is 1. The smallest absolute Gasteiger partial charge is 0.303 e. The fourth-order valence-electron chi connectivity index (χ4n) is 3.69. The Morgan fingerprint density at radius 3 is 2.44 bits per heavy atom. The summed E-state index contributed by atoms with van der Waals surface area (Å²) in [6.07, 6.45) is 0. The van der Waals surface area contributed by atoms with Crippen LogP contribution in [0.4, 0.5) is 15.8 Å². The summed E-state index contributed by atoms with van der Waals surface area (Å²) in [6, 6.07) is 11.9. The molecule has 4 rings (SSSR count). The van der Waals surface area contributed by atoms with Crippen LogP contribution in [0.2, 0.25) is 0 Å². The first kappa shape index (κ1) is 17.5. The lowest BCUT2D eigenvalue weighted by Crippen LogP contribution is -3.16. The second-order valence-corrected chi connectivity index (χ2v) is 6.82. The van der Waals surface area contributed by atoms with E-state index in [0.29, 0.717) is 12.4 Å². The van der Waals surface area contributed by atoms with E-state index in [2.05, 4.69) is 4.90 Å². The Bertz CT molecular complexity index is 877. The summed E-state index contributed by atoms with van der Waals surface area (Å²) in [4.78, 5) is 29.4. The number of amides is 1. The number of hydrogen-bond acceptors (Lipinski definition) is 4. The van der Waals surface area contributed by atoms with Crippen LogP contribution in [0.25, 0.3) is 0 Å². The number of piperazine rings is 1. The van der Waals surface area contributed by atoms with E-state index in [4.69, 9.17) is 4.74 Å². The van der Waals surface area contributed by atoms with Crippen molar-refractivity contribution in [2.45, 2.75) is 0 Å². The number of benzene rings is 2. The maximum atomic E-state index is 13.4. The van der Waals surface area contributed by atoms with Crippen molar-refractivity contribution >= 4 is 23.1 Å². The highest BCUT2D eigenvalue weighted by molar-refractivity contribution is 6.52. The van der Waals surface area contributed by atoms with E-state index in [9.17, 15) is 14.0 Å². The zero-order valence-corrected chi connectivity index (χ0v) is 15.1. The van der Waals surface area contributed by atoms with Crippen LogP contribution < -0.4 is 19.4 Å². The number of quaternary nitrogens is 1. The Labute approximate surface area is 156 Å². The quantitative estimate of drug-likeness (QED) is 0.807. The lowest BCUT2D eigenvalue weighted by Gasteiger charge is -2.35. The van der Waals surface area contributed by atoms with E-state index in [1.165, 1.54) is 21.9 Å². The fourth-order valence-corrected chi connectivity index (χ4v) is 3.69. The largest absolute Gasteiger partial charge is 0.497 e. The van der Waals surface area contributed by atoms with Gasteiger partial charge >= 0.3 is 5.91 Å². The number of anilines is 2. The van der Waals surface area contributed by atoms with E-state index in [0.717, 1.165) is 43.7 Å². The Balaban J connectivity index is 1.41. The highest BCUT2D eigenvalue weighted by Gasteiger charge is 2.38. The molecule has 0 atom stereocenters. The molecule has 0 aromatic heterocycles. The standard InChI is InChI=1S/C20H20FN3O3/c1-27-16-5-3-15(4-6-16)23-10-8-22(9-11-23)13-24-18-7-2-14(21)12-17(18)19(25)20(24)26/h2-7,12H,8-11,13H2,1H3/p+1. The molecule has 0 saturated carbocycles. The molecule has 1 fully saturated rings. The summed E-state index contributed by atoms with van der Waals surface area (Å²) in [7, 11) is 1.65. The zero-order valence-electron chi connectivity index (χ0n) is 15.1. The molecular weight excluding hydrogens is 349 g/mol. The van der Waals surface area contributed by atoms with Gasteiger partial charge in [-0.3, -0.25) is 14.5 Å². The Kier molecular flexibility index (Phi) is 4.53. The van der Waals surface area contributed by atoms with Crippen molar-refractivity contribution in [3.8, 4) is 5.75 Å². The maximum Gasteiger partial charge on any atom is 0.303 e. The van der Waals surface area contributed by atoms with E-state index in [-0.39, 0.29) is 5.56 Å². The van der Waals surface area contributed by atoms with Gasteiger partial charge in [-0.2, -0.15) is 0 Å². The SMILES string of the molecule is COc1ccc(N2CC[NH+](CN3C(=O)C(=O)c4cc(F)ccc43)CC2)cc1. The molecular formula is C20H21FN3O3+. The molecule has 2 heterocycles. The molecule has 7 heteroatoms. The van der Waals surface area contributed by atoms with Crippen LogP contribution in [0.1, 0.15) is 10.4 Å². The van der Waals surface area contributed by atoms with Crippen molar-refractivity contribution in [2.24, 2.45) is 0 Å². The summed E-state index contributed by atoms with van der Waals surface area (Å²) in [5.74, 6) is -0.867. The van der Waals surface area contributed by atoms with E-state index in [1.807, 2.05) is 24.3 Å². The second kappa shape index (κ2) is 7.00. The molecule has 2 aliphatic heterocycles. The van der Waals surface area contributed by atoms with Crippen molar-refractivity contribution < 1.29 is 23.6 Å². The normalized spacial score (nSPS) is 17.4. The van der Waals surface area contributed by atoms with Crippen LogP contribution in [0.3, 0.4) is 0 Å². The minimum atomic E-state index is -0.624. The van der Waals surface area contributed by atoms with Crippen LogP contribution in [0.15, 0.2) is 42.5 Å². The van der Waals surface area contributed by atoms with Crippen LogP contribution in [0, 0.1) is 5.82 Å². The Morgan fingerprint density at radius 1 is 1.07 bits per heavy atom. The molecule has 2 aromatic rings. The van der Waals surface area contributed by atoms with E-state index < -0.39 is 17.5 Å². The monoisotopic (exact) mass is 370 g/mol. The number of carbonyl (C=O) groups is 2. The molecule has 2 aromatic carbocycles. The summed E-state index contributed by atoms with van der Waals surface area (Å²) in [5.41, 5.74) is 1.82. The van der Waals surface area contributed by atoms with Gasteiger partial charge in [0.05, 0.1) is 44.5 Å². The number of ether oxygens (including phenoxy) is 1. The number of nitrogens with one attached hydrogen (secondary N) is 1. The van der Waals surface area contributed by atoms with E-state index in [1.54, 1.807) is 7.11 Å². The Hall–Kier alpha value is -2.93. The van der Waals surface area contributed by atoms with Gasteiger partial charge in [0, 0.05) is 5.69 Å². The predicted molar refractivity (Wildman–Crippen MR) is 99.0 cm³/mol. The highest BCUT2D eigenvalue weighted by atomic mass is 19.1. The molecule has 0 radical (unpaired) electrons. The maximum absolute atomic E-state index is 13.4. The van der Waals surface area contributed by atoms with Crippen molar-refractivity contribution in [3.63, 3.8) is 0 Å². The number of carbonyl (C=O) groups excluding carboxylic acids is 2. The van der Waals surface area contributed by atoms with Crippen molar-refractivity contribution in [1.82, 2.24) is 0 Å². The molecule has 1 amide bonds. The number of hydrogen-bond donors (Lipinski definition) is 1. The molecule has 6 nitrogen and oxygen atoms in total. The molecule has 1 N–H and O–H groups in total. The Morgan fingerprint density at radius 2 is 1.78 bits per heavy atom. The summed E-state index contributed by atoms with van der Waals surface area (Å²) >= 11 is 0. The lowest BCUT2D eigenvalue weighted by atomic mass is 10.1. The molecule has 0 aliphatic carbocycles. The molecule has 0 unspecified atom stereocenters. The van der Waals surface area contributed by atoms with Gasteiger partial charge in [0.2, 0.25) is 0 Å². The average molecular weight is 370 g/mol. The van der Waals surface area contributed by atoms with Crippen molar-refractivity contribution in [3.05, 3.63) is 53.8 Å². The predicted octanol–water partition coefficient (Wildman–Crippen LogP) is 0.726. The number of fused-ring (bicyclic) bond motifs is 1. The molecule has 2 aliphatic rings. The summed E-state index contributed by atoms with van der Waals surface area (Å²) in [5, 5.41) is 0. The number of ketones is 1. The van der Waals surface area contributed by atoms with Crippen LogP contribution in [-0.2, 0) is 4.79 Å². The van der Waals surface area contributed by atoms with Crippen LogP contribution in [-0.4, -0.2) is 51.6 Å². The van der Waals surface area contributed by atoms with E-state index >= 15 is 0 Å². The number of methoxy groups -OCH3 is 1. The van der Waals surface area contributed by atoms with Crippen LogP contribution in [0.5, 0.6) is 5.75 Å². The third-order valence-electron chi connectivity index (χ3n) is 5.22. The average Bonchev–Trinajstić information content (AvgIpc) is 2.93. The number of rotatable bonds is 4. The zero-order chi connectivity index (χ0) is 19.0. The second-order valence-electron chi connectivity index (χ2n) is 6.82. The fraction of sp³-hybridized carbons (Fsp3) is 0.300. The van der Waals surface area contributed by atoms with Gasteiger partial charge < -0.3 is 14.5 Å². The van der Waals surface area contributed by atoms with Crippen LogP contribution >= 0.6 is 0 Å². The lowest BCUT2D eigenvalue weighted by molar-refractivity contribution is -0.899. The summed E-state index contributed by atoms with van der Waals surface area (Å²) < 4.78 is 18.6.